The minimum Gasteiger partial charge on any atom is -0.0845 e. The first-order valence-corrected chi connectivity index (χ1v) is 6.08. The van der Waals surface area contributed by atoms with Crippen molar-refractivity contribution in [2.75, 3.05) is 0 Å². The van der Waals surface area contributed by atoms with Crippen molar-refractivity contribution in [3.8, 4) is 0 Å². The Morgan fingerprint density at radius 1 is 1.31 bits per heavy atom. The Labute approximate surface area is 95.3 Å². The normalized spacial score (nSPS) is 20.9. The van der Waals surface area contributed by atoms with Gasteiger partial charge in [0.05, 0.1) is 0 Å². The van der Waals surface area contributed by atoms with Gasteiger partial charge in [-0.15, -0.1) is 0 Å². The molecule has 0 saturated carbocycles. The number of benzene rings is 1. The second-order valence-electron chi connectivity index (χ2n) is 3.22. The van der Waals surface area contributed by atoms with Gasteiger partial charge in [-0.25, -0.2) is 0 Å². The molecule has 68 valence electrons. The molecule has 1 atom stereocenters. The highest BCUT2D eigenvalue weighted by Crippen LogP contribution is 2.27. The Hall–Kier alpha value is -0.0800. The van der Waals surface area contributed by atoms with Gasteiger partial charge in [-0.2, -0.15) is 0 Å². The van der Waals surface area contributed by atoms with Crippen LogP contribution in [0.15, 0.2) is 28.7 Å². The molecule has 0 radical (unpaired) electrons. The lowest BCUT2D eigenvalue weighted by Crippen LogP contribution is -1.94. The number of rotatable bonds is 0. The van der Waals surface area contributed by atoms with Crippen LogP contribution in [-0.2, 0) is 6.42 Å². The van der Waals surface area contributed by atoms with Crippen molar-refractivity contribution >= 4 is 37.9 Å². The van der Waals surface area contributed by atoms with Gasteiger partial charge < -0.3 is 0 Å². The van der Waals surface area contributed by atoms with Gasteiger partial charge in [0.25, 0.3) is 0 Å². The summed E-state index contributed by atoms with van der Waals surface area (Å²) >= 11 is 7.21. The fraction of sp³-hybridized carbons (Fsp3) is 0.273. The summed E-state index contributed by atoms with van der Waals surface area (Å²) in [5.41, 5.74) is 2.78. The molecule has 2 rings (SSSR count). The maximum Gasteiger partial charge on any atom is 0.0331 e. The average molecular weight is 302 g/mol. The highest BCUT2D eigenvalue weighted by atomic mass is 79.9. The van der Waals surface area contributed by atoms with Crippen LogP contribution < -0.4 is 0 Å². The van der Waals surface area contributed by atoms with E-state index >= 15 is 0 Å². The Bertz CT molecular complexity index is 342. The molecule has 13 heavy (non-hydrogen) atoms. The van der Waals surface area contributed by atoms with Crippen molar-refractivity contribution in [1.82, 2.24) is 0 Å². The summed E-state index contributed by atoms with van der Waals surface area (Å²) in [5.74, 6) is 0. The van der Waals surface area contributed by atoms with Crippen LogP contribution in [0.25, 0.3) is 6.08 Å². The Morgan fingerprint density at radius 2 is 2.15 bits per heavy atom. The van der Waals surface area contributed by atoms with Crippen LogP contribution in [0, 0.1) is 0 Å². The molecule has 0 heterocycles. The topological polar surface area (TPSA) is 0 Å². The van der Waals surface area contributed by atoms with Crippen molar-refractivity contribution in [2.45, 2.75) is 17.7 Å². The van der Waals surface area contributed by atoms with Crippen molar-refractivity contribution < 1.29 is 0 Å². The van der Waals surface area contributed by atoms with E-state index in [0.29, 0.717) is 4.83 Å². The van der Waals surface area contributed by atoms with Gasteiger partial charge in [0.15, 0.2) is 0 Å². The highest BCUT2D eigenvalue weighted by Gasteiger charge is 2.10. The van der Waals surface area contributed by atoms with E-state index in [9.17, 15) is 0 Å². The van der Waals surface area contributed by atoms with Gasteiger partial charge >= 0.3 is 0 Å². The molecule has 1 aliphatic carbocycles. The van der Waals surface area contributed by atoms with E-state index in [-0.39, 0.29) is 0 Å². The standard InChI is InChI=1S/C11H10Br2/c12-9-5-4-8-2-1-3-11(13)10(8)7-6-9/h1-5,9H,6-7H2. The molecule has 0 fully saturated rings. The number of alkyl halides is 1. The van der Waals surface area contributed by atoms with Gasteiger partial charge in [0.1, 0.15) is 0 Å². The smallest absolute Gasteiger partial charge is 0.0331 e. The summed E-state index contributed by atoms with van der Waals surface area (Å²) in [6.45, 7) is 0. The molecule has 1 aromatic carbocycles. The molecule has 0 aliphatic heterocycles. The summed E-state index contributed by atoms with van der Waals surface area (Å²) in [6, 6.07) is 6.37. The Morgan fingerprint density at radius 3 is 3.00 bits per heavy atom. The summed E-state index contributed by atoms with van der Waals surface area (Å²) in [4.78, 5) is 0.520. The van der Waals surface area contributed by atoms with Crippen LogP contribution in [0.2, 0.25) is 0 Å². The zero-order valence-corrected chi connectivity index (χ0v) is 10.3. The maximum absolute atomic E-state index is 3.62. The third kappa shape index (κ3) is 2.05. The zero-order chi connectivity index (χ0) is 9.26. The predicted octanol–water partition coefficient (Wildman–Crippen LogP) is 4.17. The van der Waals surface area contributed by atoms with Gasteiger partial charge in [-0.05, 0) is 30.0 Å². The molecule has 0 aromatic heterocycles. The lowest BCUT2D eigenvalue weighted by Gasteiger charge is -2.06. The summed E-state index contributed by atoms with van der Waals surface area (Å²) in [7, 11) is 0. The summed E-state index contributed by atoms with van der Waals surface area (Å²) in [5, 5.41) is 0. The zero-order valence-electron chi connectivity index (χ0n) is 7.13. The van der Waals surface area contributed by atoms with Crippen LogP contribution >= 0.6 is 31.9 Å². The molecule has 0 spiro atoms. The van der Waals surface area contributed by atoms with Crippen molar-refractivity contribution in [3.63, 3.8) is 0 Å². The van der Waals surface area contributed by atoms with Gasteiger partial charge in [0, 0.05) is 9.30 Å². The first-order valence-electron chi connectivity index (χ1n) is 4.37. The molecule has 0 saturated heterocycles. The third-order valence-electron chi connectivity index (χ3n) is 2.31. The molecule has 1 aliphatic rings. The number of hydrogen-bond donors (Lipinski definition) is 0. The van der Waals surface area contributed by atoms with E-state index in [0.717, 1.165) is 6.42 Å². The van der Waals surface area contributed by atoms with E-state index in [4.69, 9.17) is 0 Å². The highest BCUT2D eigenvalue weighted by molar-refractivity contribution is 9.10. The minimum atomic E-state index is 0.520. The Balaban J connectivity index is 2.46. The average Bonchev–Trinajstić information content (AvgIpc) is 2.30. The molecule has 1 unspecified atom stereocenters. The van der Waals surface area contributed by atoms with Gasteiger partial charge in [-0.3, -0.25) is 0 Å². The number of halogens is 2. The van der Waals surface area contributed by atoms with E-state index < -0.39 is 0 Å². The van der Waals surface area contributed by atoms with E-state index in [2.05, 4.69) is 62.2 Å². The first-order chi connectivity index (χ1) is 6.27. The van der Waals surface area contributed by atoms with Gasteiger partial charge in [0.2, 0.25) is 0 Å². The SMILES string of the molecule is Brc1cccc2c1CCC(Br)C=C2. The molecule has 0 amide bonds. The molecule has 1 aromatic rings. The van der Waals surface area contributed by atoms with Crippen LogP contribution in [-0.4, -0.2) is 4.83 Å². The molecule has 0 bridgehead atoms. The van der Waals surface area contributed by atoms with Crippen LogP contribution in [0.3, 0.4) is 0 Å². The lowest BCUT2D eigenvalue weighted by molar-refractivity contribution is 0.871. The lowest BCUT2D eigenvalue weighted by atomic mass is 10.1. The number of fused-ring (bicyclic) bond motifs is 1. The van der Waals surface area contributed by atoms with E-state index in [1.807, 2.05) is 0 Å². The largest absolute Gasteiger partial charge is 0.0845 e. The van der Waals surface area contributed by atoms with E-state index in [1.54, 1.807) is 0 Å². The molecule has 0 nitrogen and oxygen atoms in total. The summed E-state index contributed by atoms with van der Waals surface area (Å²) in [6.07, 6.45) is 6.73. The molecule has 0 N–H and O–H groups in total. The fourth-order valence-corrected chi connectivity index (χ4v) is 2.54. The van der Waals surface area contributed by atoms with Crippen LogP contribution in [0.4, 0.5) is 0 Å². The monoisotopic (exact) mass is 300 g/mol. The Kier molecular flexibility index (Phi) is 2.89. The van der Waals surface area contributed by atoms with Crippen molar-refractivity contribution in [2.24, 2.45) is 0 Å². The fourth-order valence-electron chi connectivity index (χ4n) is 1.58. The van der Waals surface area contributed by atoms with Crippen molar-refractivity contribution in [1.29, 1.82) is 0 Å². The van der Waals surface area contributed by atoms with Gasteiger partial charge in [-0.1, -0.05) is 56.1 Å². The molecular weight excluding hydrogens is 292 g/mol. The summed E-state index contributed by atoms with van der Waals surface area (Å²) < 4.78 is 1.23. The second-order valence-corrected chi connectivity index (χ2v) is 5.25. The third-order valence-corrected chi connectivity index (χ3v) is 3.82. The van der Waals surface area contributed by atoms with Crippen molar-refractivity contribution in [3.05, 3.63) is 39.9 Å². The molecule has 2 heteroatoms. The molecular formula is C11H10Br2. The maximum atomic E-state index is 3.62. The van der Waals surface area contributed by atoms with Crippen LogP contribution in [0.1, 0.15) is 17.5 Å². The van der Waals surface area contributed by atoms with Crippen LogP contribution in [0.5, 0.6) is 0 Å². The number of allylic oxidation sites excluding steroid dienone is 1. The quantitative estimate of drug-likeness (QED) is 0.631. The minimum absolute atomic E-state index is 0.520. The first kappa shape index (κ1) is 9.47. The number of hydrogen-bond acceptors (Lipinski definition) is 0. The second kappa shape index (κ2) is 3.97. The van der Waals surface area contributed by atoms with E-state index in [1.165, 1.54) is 22.0 Å². The predicted molar refractivity (Wildman–Crippen MR) is 64.2 cm³/mol.